The van der Waals surface area contributed by atoms with Gasteiger partial charge in [0.15, 0.2) is 0 Å². The zero-order chi connectivity index (χ0) is 19.6. The molecular weight excluding hydrogens is 402 g/mol. The van der Waals surface area contributed by atoms with Crippen LogP contribution in [0, 0.1) is 0 Å². The van der Waals surface area contributed by atoms with Crippen molar-refractivity contribution in [1.82, 2.24) is 0 Å². The lowest BCUT2D eigenvalue weighted by atomic mass is 10.1. The van der Waals surface area contributed by atoms with Crippen LogP contribution in [0.15, 0.2) is 24.3 Å². The fraction of sp³-hybridized carbons (Fsp3) is 0.625. The molecule has 0 aliphatic carbocycles. The molecule has 10 heteroatoms. The summed E-state index contributed by atoms with van der Waals surface area (Å²) < 4.78 is 52.5. The molecule has 0 radical (unpaired) electrons. The highest BCUT2D eigenvalue weighted by atomic mass is 35.5. The van der Waals surface area contributed by atoms with Crippen LogP contribution in [0.4, 0.5) is 0 Å². The Hall–Kier alpha value is -0.230. The minimum absolute atomic E-state index is 0.138. The second-order valence-electron chi connectivity index (χ2n) is 5.06. The molecule has 0 saturated carbocycles. The number of benzene rings is 1. The van der Waals surface area contributed by atoms with Crippen molar-refractivity contribution >= 4 is 27.0 Å². The lowest BCUT2D eigenvalue weighted by Gasteiger charge is -2.26. The molecule has 1 rings (SSSR count). The van der Waals surface area contributed by atoms with E-state index in [1.807, 2.05) is 0 Å². The number of hydrogen-bond acceptors (Lipinski definition) is 7. The Labute approximate surface area is 160 Å². The first-order chi connectivity index (χ1) is 12.3. The molecule has 1 aromatic rings. The van der Waals surface area contributed by atoms with Crippen LogP contribution in [-0.4, -0.2) is 32.6 Å². The molecule has 0 amide bonds. The summed E-state index contributed by atoms with van der Waals surface area (Å²) in [5, 5.41) is 0.531. The second kappa shape index (κ2) is 11.6. The molecule has 0 aromatic heterocycles. The van der Waals surface area contributed by atoms with Crippen LogP contribution < -0.4 is 0 Å². The predicted molar refractivity (Wildman–Crippen MR) is 102 cm³/mol. The van der Waals surface area contributed by atoms with Crippen LogP contribution >= 0.6 is 27.0 Å². The first-order valence-corrected chi connectivity index (χ1v) is 12.1. The van der Waals surface area contributed by atoms with Gasteiger partial charge in [-0.15, -0.1) is 0 Å². The van der Waals surface area contributed by atoms with Crippen molar-refractivity contribution < 1.29 is 31.7 Å². The summed E-state index contributed by atoms with van der Waals surface area (Å²) in [5.74, 6) is 0. The van der Waals surface area contributed by atoms with Gasteiger partial charge in [0.25, 0.3) is 0 Å². The van der Waals surface area contributed by atoms with Gasteiger partial charge in [-0.1, -0.05) is 23.7 Å². The zero-order valence-electron chi connectivity index (χ0n) is 15.6. The lowest BCUT2D eigenvalue weighted by Crippen LogP contribution is -2.13. The van der Waals surface area contributed by atoms with Gasteiger partial charge in [-0.2, -0.15) is 0 Å². The molecule has 26 heavy (non-hydrogen) atoms. The van der Waals surface area contributed by atoms with E-state index in [9.17, 15) is 9.13 Å². The van der Waals surface area contributed by atoms with Gasteiger partial charge in [0.2, 0.25) is 0 Å². The normalized spacial score (nSPS) is 13.7. The van der Waals surface area contributed by atoms with E-state index in [0.29, 0.717) is 10.6 Å². The highest BCUT2D eigenvalue weighted by Gasteiger charge is 2.37. The van der Waals surface area contributed by atoms with E-state index in [4.69, 9.17) is 34.2 Å². The largest absolute Gasteiger partial charge is 0.475 e. The average molecular weight is 429 g/mol. The second-order valence-corrected chi connectivity index (χ2v) is 9.22. The number of hydrogen-bond donors (Lipinski definition) is 0. The van der Waals surface area contributed by atoms with Crippen LogP contribution in [0.2, 0.25) is 5.02 Å². The SMILES string of the molecule is CCOP(=O)(CC(OP(=O)(OCC)OCC)c1ccc(Cl)cc1)OCC. The Morgan fingerprint density at radius 3 is 1.73 bits per heavy atom. The van der Waals surface area contributed by atoms with Gasteiger partial charge in [-0.25, -0.2) is 4.57 Å². The maximum absolute atomic E-state index is 12.9. The van der Waals surface area contributed by atoms with Crippen molar-refractivity contribution in [2.75, 3.05) is 32.6 Å². The van der Waals surface area contributed by atoms with Crippen LogP contribution in [0.3, 0.4) is 0 Å². The van der Waals surface area contributed by atoms with Crippen LogP contribution in [0.1, 0.15) is 39.4 Å². The summed E-state index contributed by atoms with van der Waals surface area (Å²) in [6, 6.07) is 6.70. The molecule has 0 aliphatic rings. The average Bonchev–Trinajstić information content (AvgIpc) is 2.55. The van der Waals surface area contributed by atoms with Crippen molar-refractivity contribution in [1.29, 1.82) is 0 Å². The summed E-state index contributed by atoms with van der Waals surface area (Å²) in [6.07, 6.45) is -1.03. The predicted octanol–water partition coefficient (Wildman–Crippen LogP) is 5.84. The molecule has 1 atom stereocenters. The van der Waals surface area contributed by atoms with Crippen molar-refractivity contribution in [2.45, 2.75) is 33.8 Å². The number of phosphoric ester groups is 1. The maximum Gasteiger partial charge on any atom is 0.475 e. The summed E-state index contributed by atoms with van der Waals surface area (Å²) in [4.78, 5) is 0. The van der Waals surface area contributed by atoms with E-state index in [1.54, 1.807) is 52.0 Å². The Morgan fingerprint density at radius 2 is 1.31 bits per heavy atom. The third kappa shape index (κ3) is 7.79. The zero-order valence-corrected chi connectivity index (χ0v) is 18.1. The van der Waals surface area contributed by atoms with Gasteiger partial charge < -0.3 is 9.05 Å². The van der Waals surface area contributed by atoms with Gasteiger partial charge in [0.1, 0.15) is 6.10 Å². The summed E-state index contributed by atoms with van der Waals surface area (Å²) in [6.45, 7) is 7.48. The van der Waals surface area contributed by atoms with Crippen molar-refractivity contribution in [3.05, 3.63) is 34.9 Å². The van der Waals surface area contributed by atoms with E-state index < -0.39 is 21.5 Å². The lowest BCUT2D eigenvalue weighted by molar-refractivity contribution is 0.0881. The van der Waals surface area contributed by atoms with E-state index in [-0.39, 0.29) is 32.6 Å². The number of halogens is 1. The van der Waals surface area contributed by atoms with Crippen molar-refractivity contribution in [2.24, 2.45) is 0 Å². The molecular formula is C16H27ClO7P2. The molecule has 0 aliphatic heterocycles. The van der Waals surface area contributed by atoms with Crippen molar-refractivity contribution in [3.8, 4) is 0 Å². The molecule has 0 fully saturated rings. The Balaban J connectivity index is 3.18. The summed E-state index contributed by atoms with van der Waals surface area (Å²) in [7, 11) is -7.31. The molecule has 0 N–H and O–H groups in total. The molecule has 0 bridgehead atoms. The third-order valence-corrected chi connectivity index (χ3v) is 7.11. The highest BCUT2D eigenvalue weighted by Crippen LogP contribution is 2.58. The number of phosphoric acid groups is 1. The van der Waals surface area contributed by atoms with Gasteiger partial charge in [0, 0.05) is 5.02 Å². The monoisotopic (exact) mass is 428 g/mol. The Kier molecular flexibility index (Phi) is 10.6. The fourth-order valence-electron chi connectivity index (χ4n) is 2.19. The molecule has 0 heterocycles. The van der Waals surface area contributed by atoms with Gasteiger partial charge >= 0.3 is 15.4 Å². The van der Waals surface area contributed by atoms with Crippen LogP contribution in [-0.2, 0) is 31.7 Å². The van der Waals surface area contributed by atoms with Crippen LogP contribution in [0.5, 0.6) is 0 Å². The highest BCUT2D eigenvalue weighted by molar-refractivity contribution is 7.54. The van der Waals surface area contributed by atoms with Crippen molar-refractivity contribution in [3.63, 3.8) is 0 Å². The van der Waals surface area contributed by atoms with Gasteiger partial charge in [0.05, 0.1) is 32.6 Å². The topological polar surface area (TPSA) is 80.3 Å². The standard InChI is InChI=1S/C16H27ClO7P2/c1-5-20-25(18,21-6-2)13-16(14-9-11-15(17)12-10-14)24-26(19,22-7-3)23-8-4/h9-12,16H,5-8,13H2,1-4H3. The molecule has 0 saturated heterocycles. The third-order valence-electron chi connectivity index (χ3n) is 3.11. The maximum atomic E-state index is 12.9. The molecule has 1 unspecified atom stereocenters. The van der Waals surface area contributed by atoms with Crippen LogP contribution in [0.25, 0.3) is 0 Å². The first-order valence-electron chi connectivity index (χ1n) is 8.52. The van der Waals surface area contributed by atoms with E-state index in [1.165, 1.54) is 0 Å². The molecule has 150 valence electrons. The quantitative estimate of drug-likeness (QED) is 0.365. The summed E-state index contributed by atoms with van der Waals surface area (Å²) >= 11 is 5.93. The Morgan fingerprint density at radius 1 is 0.846 bits per heavy atom. The fourth-order valence-corrected chi connectivity index (χ4v) is 5.53. The smallest absolute Gasteiger partial charge is 0.309 e. The molecule has 0 spiro atoms. The molecule has 1 aromatic carbocycles. The van der Waals surface area contributed by atoms with E-state index in [2.05, 4.69) is 0 Å². The Bertz CT molecular complexity index is 572. The first kappa shape index (κ1) is 23.8. The molecule has 7 nitrogen and oxygen atoms in total. The van der Waals surface area contributed by atoms with Gasteiger partial charge in [-0.05, 0) is 45.4 Å². The minimum Gasteiger partial charge on any atom is -0.309 e. The number of rotatable bonds is 13. The van der Waals surface area contributed by atoms with E-state index >= 15 is 0 Å². The van der Waals surface area contributed by atoms with Gasteiger partial charge in [-0.3, -0.25) is 18.1 Å². The summed E-state index contributed by atoms with van der Waals surface area (Å²) in [5.41, 5.74) is 0.605. The van der Waals surface area contributed by atoms with E-state index in [0.717, 1.165) is 0 Å². The minimum atomic E-state index is -3.84.